The number of piperidine rings is 2. The van der Waals surface area contributed by atoms with Crippen LogP contribution in [0.3, 0.4) is 0 Å². The first-order valence-corrected chi connectivity index (χ1v) is 20.9. The van der Waals surface area contributed by atoms with Gasteiger partial charge in [0.25, 0.3) is 11.8 Å². The van der Waals surface area contributed by atoms with Crippen molar-refractivity contribution in [2.45, 2.75) is 119 Å². The van der Waals surface area contributed by atoms with E-state index in [2.05, 4.69) is 60.3 Å². The molecule has 4 aliphatic rings. The van der Waals surface area contributed by atoms with Crippen LogP contribution in [0.5, 0.6) is 0 Å². The summed E-state index contributed by atoms with van der Waals surface area (Å²) in [4.78, 5) is 44.5. The first-order chi connectivity index (χ1) is 26.4. The maximum atomic E-state index is 13.2. The third kappa shape index (κ3) is 8.02. The van der Waals surface area contributed by atoms with Crippen LogP contribution in [0.4, 0.5) is 4.79 Å². The van der Waals surface area contributed by atoms with Crippen molar-refractivity contribution >= 4 is 39.7 Å². The second kappa shape index (κ2) is 16.0. The lowest BCUT2D eigenvalue weighted by Gasteiger charge is -2.31. The van der Waals surface area contributed by atoms with Gasteiger partial charge in [0.2, 0.25) is 0 Å². The molecule has 3 amide bonds. The molecule has 8 rings (SSSR count). The number of hydrogen-bond acceptors (Lipinski definition) is 5. The molecule has 2 fully saturated rings. The van der Waals surface area contributed by atoms with Crippen LogP contribution >= 0.6 is 0 Å². The third-order valence-electron chi connectivity index (χ3n) is 12.3. The Kier molecular flexibility index (Phi) is 11.4. The Balaban J connectivity index is 0.000000174. The van der Waals surface area contributed by atoms with Gasteiger partial charge in [0.1, 0.15) is 5.60 Å². The predicted octanol–water partition coefficient (Wildman–Crippen LogP) is 8.01. The SMILES string of the molecule is CCn1c2c(c3cc(C(=O)N4CCC(C)CC4)ccc31)CN(C(=O)OC(C)(C)C)CC2.CCn1c2c(c3cc(C(=O)N4CCC(C)CC4)ccc31)CNCC2. The highest BCUT2D eigenvalue weighted by atomic mass is 16.6. The molecule has 0 bridgehead atoms. The summed E-state index contributed by atoms with van der Waals surface area (Å²) in [5, 5.41) is 5.82. The lowest BCUT2D eigenvalue weighted by molar-refractivity contribution is 0.0223. The van der Waals surface area contributed by atoms with E-state index in [1.54, 1.807) is 4.90 Å². The number of amides is 3. The van der Waals surface area contributed by atoms with Crippen molar-refractivity contribution in [2.24, 2.45) is 11.8 Å². The summed E-state index contributed by atoms with van der Waals surface area (Å²) < 4.78 is 10.4. The fourth-order valence-corrected chi connectivity index (χ4v) is 9.09. The number of aromatic nitrogens is 2. The van der Waals surface area contributed by atoms with Crippen LogP contribution in [0.15, 0.2) is 36.4 Å². The number of carbonyl (C=O) groups is 3. The molecule has 0 saturated carbocycles. The number of likely N-dealkylation sites (tertiary alicyclic amines) is 2. The molecule has 10 nitrogen and oxygen atoms in total. The van der Waals surface area contributed by atoms with Gasteiger partial charge >= 0.3 is 6.09 Å². The number of benzene rings is 2. The average molecular weight is 751 g/mol. The zero-order valence-corrected chi connectivity index (χ0v) is 34.3. The average Bonchev–Trinajstić information content (AvgIpc) is 3.68. The topological polar surface area (TPSA) is 92.0 Å². The van der Waals surface area contributed by atoms with Gasteiger partial charge in [0.05, 0.1) is 6.54 Å². The Hall–Kier alpha value is -4.31. The van der Waals surface area contributed by atoms with Crippen LogP contribution in [-0.4, -0.2) is 86.6 Å². The van der Waals surface area contributed by atoms with Crippen LogP contribution in [0.25, 0.3) is 21.8 Å². The second-order valence-electron chi connectivity index (χ2n) is 17.3. The molecular formula is C45H62N6O4. The summed E-state index contributed by atoms with van der Waals surface area (Å²) >= 11 is 0. The molecule has 2 saturated heterocycles. The van der Waals surface area contributed by atoms with Crippen molar-refractivity contribution in [1.82, 2.24) is 29.2 Å². The molecular weight excluding hydrogens is 689 g/mol. The summed E-state index contributed by atoms with van der Waals surface area (Å²) in [6, 6.07) is 12.4. The molecule has 296 valence electrons. The largest absolute Gasteiger partial charge is 0.444 e. The molecule has 10 heteroatoms. The number of ether oxygens (including phenoxy) is 1. The number of fused-ring (bicyclic) bond motifs is 6. The molecule has 1 N–H and O–H groups in total. The highest BCUT2D eigenvalue weighted by Crippen LogP contribution is 2.34. The summed E-state index contributed by atoms with van der Waals surface area (Å²) in [7, 11) is 0. The number of rotatable bonds is 4. The maximum Gasteiger partial charge on any atom is 0.410 e. The molecule has 0 unspecified atom stereocenters. The highest BCUT2D eigenvalue weighted by Gasteiger charge is 2.31. The van der Waals surface area contributed by atoms with E-state index in [9.17, 15) is 14.4 Å². The van der Waals surface area contributed by atoms with Crippen LogP contribution < -0.4 is 5.32 Å². The van der Waals surface area contributed by atoms with E-state index in [0.29, 0.717) is 19.0 Å². The molecule has 0 spiro atoms. The van der Waals surface area contributed by atoms with E-state index in [1.165, 1.54) is 27.9 Å². The van der Waals surface area contributed by atoms with Crippen molar-refractivity contribution < 1.29 is 19.1 Å². The molecule has 6 heterocycles. The van der Waals surface area contributed by atoms with E-state index in [1.807, 2.05) is 48.8 Å². The van der Waals surface area contributed by atoms with E-state index in [4.69, 9.17) is 4.74 Å². The summed E-state index contributed by atoms with van der Waals surface area (Å²) in [5.41, 5.74) is 8.75. The predicted molar refractivity (Wildman–Crippen MR) is 220 cm³/mol. The van der Waals surface area contributed by atoms with Gasteiger partial charge in [-0.25, -0.2) is 4.79 Å². The molecule has 4 aromatic rings. The van der Waals surface area contributed by atoms with Gasteiger partial charge in [-0.2, -0.15) is 0 Å². The standard InChI is InChI=1S/C25H35N3O3.C20H27N3O/c1-6-28-21-8-7-18(23(29)26-12-9-17(2)10-13-26)15-19(21)20-16-27(14-11-22(20)28)24(30)31-25(3,4)5;1-3-23-18-5-4-15(20(24)22-10-7-14(2)8-11-22)12-16(18)17-13-21-9-6-19(17)23/h7-8,15,17H,6,9-14,16H2,1-5H3;4-5,12,14,21H,3,6-11,13H2,1-2H3. The van der Waals surface area contributed by atoms with Crippen molar-refractivity contribution in [2.75, 3.05) is 39.3 Å². The number of aryl methyl sites for hydroxylation is 2. The number of nitrogens with one attached hydrogen (secondary N) is 1. The van der Waals surface area contributed by atoms with Crippen molar-refractivity contribution in [1.29, 1.82) is 0 Å². The maximum absolute atomic E-state index is 13.2. The minimum atomic E-state index is -0.514. The molecule has 55 heavy (non-hydrogen) atoms. The third-order valence-corrected chi connectivity index (χ3v) is 12.3. The molecule has 4 aliphatic heterocycles. The van der Waals surface area contributed by atoms with Crippen molar-refractivity contribution in [3.8, 4) is 0 Å². The van der Waals surface area contributed by atoms with E-state index in [-0.39, 0.29) is 17.9 Å². The van der Waals surface area contributed by atoms with Gasteiger partial charge in [0.15, 0.2) is 0 Å². The normalized spacial score (nSPS) is 18.2. The molecule has 0 radical (unpaired) electrons. The zero-order chi connectivity index (χ0) is 39.0. The van der Waals surface area contributed by atoms with Gasteiger partial charge in [-0.05, 0) is 114 Å². The Morgan fingerprint density at radius 2 is 1.18 bits per heavy atom. The highest BCUT2D eigenvalue weighted by molar-refractivity contribution is 6.00. The number of hydrogen-bond donors (Lipinski definition) is 1. The van der Waals surface area contributed by atoms with Crippen molar-refractivity contribution in [3.05, 3.63) is 70.0 Å². The Morgan fingerprint density at radius 3 is 1.67 bits per heavy atom. The quantitative estimate of drug-likeness (QED) is 0.228. The molecule has 2 aromatic carbocycles. The van der Waals surface area contributed by atoms with E-state index >= 15 is 0 Å². The molecule has 2 aromatic heterocycles. The number of carbonyl (C=O) groups excluding carboxylic acids is 3. The molecule has 0 aliphatic carbocycles. The van der Waals surface area contributed by atoms with Crippen LogP contribution in [0, 0.1) is 11.8 Å². The Morgan fingerprint density at radius 1 is 0.691 bits per heavy atom. The fraction of sp³-hybridized carbons (Fsp3) is 0.578. The smallest absolute Gasteiger partial charge is 0.410 e. The van der Waals surface area contributed by atoms with Crippen LogP contribution in [0.1, 0.15) is 117 Å². The second-order valence-corrected chi connectivity index (χ2v) is 17.3. The fourth-order valence-electron chi connectivity index (χ4n) is 9.09. The zero-order valence-electron chi connectivity index (χ0n) is 34.3. The van der Waals surface area contributed by atoms with Crippen molar-refractivity contribution in [3.63, 3.8) is 0 Å². The summed E-state index contributed by atoms with van der Waals surface area (Å²) in [6.45, 7) is 23.0. The van der Waals surface area contributed by atoms with Gasteiger partial charge in [0, 0.05) is 122 Å². The van der Waals surface area contributed by atoms with Gasteiger partial charge in [-0.15, -0.1) is 0 Å². The minimum absolute atomic E-state index is 0.117. The lowest BCUT2D eigenvalue weighted by Crippen LogP contribution is -2.40. The Bertz CT molecular complexity index is 2050. The lowest BCUT2D eigenvalue weighted by atomic mass is 9.98. The van der Waals surface area contributed by atoms with E-state index < -0.39 is 5.60 Å². The van der Waals surface area contributed by atoms with Gasteiger partial charge in [-0.1, -0.05) is 13.8 Å². The summed E-state index contributed by atoms with van der Waals surface area (Å²) in [6.07, 6.45) is 5.99. The number of nitrogens with zero attached hydrogens (tertiary/aromatic N) is 5. The summed E-state index contributed by atoms with van der Waals surface area (Å²) in [5.74, 6) is 1.75. The minimum Gasteiger partial charge on any atom is -0.444 e. The van der Waals surface area contributed by atoms with Crippen LogP contribution in [0.2, 0.25) is 0 Å². The van der Waals surface area contributed by atoms with Gasteiger partial charge < -0.3 is 33.9 Å². The van der Waals surface area contributed by atoms with E-state index in [0.717, 1.165) is 124 Å². The monoisotopic (exact) mass is 750 g/mol. The first kappa shape index (κ1) is 38.9. The molecule has 0 atom stereocenters. The van der Waals surface area contributed by atoms with Crippen LogP contribution in [-0.2, 0) is 43.8 Å². The first-order valence-electron chi connectivity index (χ1n) is 20.9. The van der Waals surface area contributed by atoms with Gasteiger partial charge in [-0.3, -0.25) is 9.59 Å². The Labute approximate surface area is 327 Å².